The van der Waals surface area contributed by atoms with Crippen LogP contribution in [0.5, 0.6) is 0 Å². The van der Waals surface area contributed by atoms with Crippen molar-refractivity contribution in [3.63, 3.8) is 0 Å². The summed E-state index contributed by atoms with van der Waals surface area (Å²) in [6, 6.07) is 7.61. The number of carbonyl (C=O) groups excluding carboxylic acids is 3. The molecule has 0 aliphatic carbocycles. The predicted molar refractivity (Wildman–Crippen MR) is 122 cm³/mol. The Labute approximate surface area is 196 Å². The number of unbranched alkanes of at least 4 members (excludes halogenated alkanes) is 1. The van der Waals surface area contributed by atoms with Gasteiger partial charge < -0.3 is 25.4 Å². The molecule has 3 saturated heterocycles. The number of hydrogen-bond acceptors (Lipinski definition) is 5. The number of aliphatic hydroxyl groups excluding tert-OH is 1. The summed E-state index contributed by atoms with van der Waals surface area (Å²) in [5, 5.41) is 15.7. The van der Waals surface area contributed by atoms with E-state index in [-0.39, 0.29) is 29.2 Å². The standard InChI is InChI=1S/C23H30BrN3O5/c1-3-4-10-25-21(30)19-23-11-15(24)18(32-23)16(17(23)22(31)27(19)13(2)12-28)20(29)26-14-8-6-5-7-9-14/h5-9,13,15-19,28H,3-4,10-12H2,1-2H3,(H,25,30)(H,26,29)/t13-,15?,16-,17+,18-,19?,23?/m1/s1. The van der Waals surface area contributed by atoms with Crippen molar-refractivity contribution in [1.29, 1.82) is 0 Å². The molecule has 3 amide bonds. The Morgan fingerprint density at radius 1 is 1.31 bits per heavy atom. The lowest BCUT2D eigenvalue weighted by Gasteiger charge is -2.35. The first kappa shape index (κ1) is 23.2. The van der Waals surface area contributed by atoms with Crippen LogP contribution in [0, 0.1) is 11.8 Å². The maximum Gasteiger partial charge on any atom is 0.245 e. The van der Waals surface area contributed by atoms with Gasteiger partial charge >= 0.3 is 0 Å². The molecule has 0 saturated carbocycles. The number of amides is 3. The minimum Gasteiger partial charge on any atom is -0.394 e. The molecule has 7 atom stereocenters. The monoisotopic (exact) mass is 507 g/mol. The van der Waals surface area contributed by atoms with E-state index < -0.39 is 35.6 Å². The molecule has 3 N–H and O–H groups in total. The van der Waals surface area contributed by atoms with Crippen LogP contribution in [-0.2, 0) is 19.1 Å². The number of nitrogens with one attached hydrogen (secondary N) is 2. The van der Waals surface area contributed by atoms with Crippen molar-refractivity contribution < 1.29 is 24.2 Å². The van der Waals surface area contributed by atoms with E-state index in [1.807, 2.05) is 25.1 Å². The molecule has 32 heavy (non-hydrogen) atoms. The summed E-state index contributed by atoms with van der Waals surface area (Å²) in [5.41, 5.74) is -0.464. The van der Waals surface area contributed by atoms with E-state index in [0.29, 0.717) is 18.7 Å². The largest absolute Gasteiger partial charge is 0.394 e. The number of halogens is 1. The molecule has 1 spiro atoms. The summed E-state index contributed by atoms with van der Waals surface area (Å²) in [6.07, 6.45) is 1.69. The van der Waals surface area contributed by atoms with Crippen LogP contribution in [0.4, 0.5) is 5.69 Å². The smallest absolute Gasteiger partial charge is 0.245 e. The van der Waals surface area contributed by atoms with Crippen LogP contribution in [0.1, 0.15) is 33.1 Å². The second kappa shape index (κ2) is 9.11. The minimum absolute atomic E-state index is 0.159. The number of hydrogen-bond donors (Lipinski definition) is 3. The molecule has 2 bridgehead atoms. The van der Waals surface area contributed by atoms with E-state index in [4.69, 9.17) is 4.74 Å². The normalized spacial score (nSPS) is 33.8. The van der Waals surface area contributed by atoms with Gasteiger partial charge in [0.15, 0.2) is 0 Å². The van der Waals surface area contributed by atoms with Gasteiger partial charge in [-0.2, -0.15) is 0 Å². The fourth-order valence-electron chi connectivity index (χ4n) is 5.46. The number of ether oxygens (including phenoxy) is 1. The van der Waals surface area contributed by atoms with Gasteiger partial charge in [-0.3, -0.25) is 14.4 Å². The third-order valence-electron chi connectivity index (χ3n) is 6.89. The number of nitrogens with zero attached hydrogens (tertiary/aromatic N) is 1. The number of anilines is 1. The number of rotatable bonds is 8. The zero-order valence-electron chi connectivity index (χ0n) is 18.3. The summed E-state index contributed by atoms with van der Waals surface area (Å²) >= 11 is 3.64. The lowest BCUT2D eigenvalue weighted by Crippen LogP contribution is -2.57. The van der Waals surface area contributed by atoms with Gasteiger partial charge in [0.2, 0.25) is 17.7 Å². The molecule has 8 nitrogen and oxygen atoms in total. The number of para-hydroxylation sites is 1. The van der Waals surface area contributed by atoms with Crippen molar-refractivity contribution in [3.8, 4) is 0 Å². The first-order valence-corrected chi connectivity index (χ1v) is 12.2. The van der Waals surface area contributed by atoms with Crippen LogP contribution >= 0.6 is 15.9 Å². The van der Waals surface area contributed by atoms with E-state index in [2.05, 4.69) is 26.6 Å². The number of likely N-dealkylation sites (tertiary alicyclic amines) is 1. The molecule has 0 radical (unpaired) electrons. The van der Waals surface area contributed by atoms with Crippen molar-refractivity contribution in [1.82, 2.24) is 10.2 Å². The SMILES string of the molecule is CCCCNC(=O)C1N([C@H](C)CO)C(=O)[C@@H]2[C@@H](C(=O)Nc3ccccc3)[C@@H]3OC12CC3Br. The molecule has 3 aliphatic heterocycles. The zero-order valence-corrected chi connectivity index (χ0v) is 19.9. The molecule has 9 heteroatoms. The van der Waals surface area contributed by atoms with Gasteiger partial charge in [-0.05, 0) is 31.9 Å². The van der Waals surface area contributed by atoms with Gasteiger partial charge in [0, 0.05) is 17.1 Å². The summed E-state index contributed by atoms with van der Waals surface area (Å²) < 4.78 is 6.39. The molecular formula is C23H30BrN3O5. The second-order valence-electron chi connectivity index (χ2n) is 8.94. The van der Waals surface area contributed by atoms with Crippen LogP contribution in [-0.4, -0.2) is 69.5 Å². The molecule has 1 aromatic carbocycles. The van der Waals surface area contributed by atoms with Gasteiger partial charge in [0.25, 0.3) is 0 Å². The van der Waals surface area contributed by atoms with Crippen molar-refractivity contribution in [2.45, 2.75) is 61.7 Å². The molecule has 3 heterocycles. The highest BCUT2D eigenvalue weighted by atomic mass is 79.9. The van der Waals surface area contributed by atoms with E-state index in [0.717, 1.165) is 12.8 Å². The van der Waals surface area contributed by atoms with Gasteiger partial charge in [0.05, 0.1) is 30.6 Å². The Morgan fingerprint density at radius 2 is 2.03 bits per heavy atom. The molecule has 174 valence electrons. The Hall–Kier alpha value is -1.97. The number of alkyl halides is 1. The first-order chi connectivity index (χ1) is 15.4. The van der Waals surface area contributed by atoms with Gasteiger partial charge in [-0.25, -0.2) is 0 Å². The lowest BCUT2D eigenvalue weighted by atomic mass is 9.70. The molecule has 3 aliphatic rings. The number of aliphatic hydroxyl groups is 1. The predicted octanol–water partition coefficient (Wildman–Crippen LogP) is 1.67. The van der Waals surface area contributed by atoms with Gasteiger partial charge in [0.1, 0.15) is 11.6 Å². The van der Waals surface area contributed by atoms with Crippen LogP contribution in [0.25, 0.3) is 0 Å². The van der Waals surface area contributed by atoms with Crippen molar-refractivity contribution in [2.75, 3.05) is 18.5 Å². The van der Waals surface area contributed by atoms with Crippen LogP contribution in [0.2, 0.25) is 0 Å². The quantitative estimate of drug-likeness (QED) is 0.366. The highest BCUT2D eigenvalue weighted by Crippen LogP contribution is 2.60. The van der Waals surface area contributed by atoms with Crippen LogP contribution < -0.4 is 10.6 Å². The fraction of sp³-hybridized carbons (Fsp3) is 0.609. The minimum atomic E-state index is -1.10. The average Bonchev–Trinajstić information content (AvgIpc) is 3.37. The first-order valence-electron chi connectivity index (χ1n) is 11.2. The van der Waals surface area contributed by atoms with Gasteiger partial charge in [-0.15, -0.1) is 0 Å². The molecule has 3 unspecified atom stereocenters. The summed E-state index contributed by atoms with van der Waals surface area (Å²) in [7, 11) is 0. The average molecular weight is 508 g/mol. The molecule has 0 aromatic heterocycles. The topological polar surface area (TPSA) is 108 Å². The molecule has 3 fully saturated rings. The Morgan fingerprint density at radius 3 is 2.69 bits per heavy atom. The molecule has 1 aromatic rings. The summed E-state index contributed by atoms with van der Waals surface area (Å²) in [5.74, 6) is -2.41. The van der Waals surface area contributed by atoms with Crippen molar-refractivity contribution >= 4 is 39.3 Å². The third kappa shape index (κ3) is 3.64. The number of fused-ring (bicyclic) bond motifs is 1. The van der Waals surface area contributed by atoms with Gasteiger partial charge in [-0.1, -0.05) is 47.5 Å². The van der Waals surface area contributed by atoms with E-state index >= 15 is 0 Å². The van der Waals surface area contributed by atoms with Crippen molar-refractivity contribution in [2.24, 2.45) is 11.8 Å². The van der Waals surface area contributed by atoms with E-state index in [9.17, 15) is 19.5 Å². The Kier molecular flexibility index (Phi) is 6.61. The van der Waals surface area contributed by atoms with E-state index in [1.165, 1.54) is 4.90 Å². The molecule has 4 rings (SSSR count). The fourth-order valence-corrected chi connectivity index (χ4v) is 6.40. The summed E-state index contributed by atoms with van der Waals surface area (Å²) in [6.45, 7) is 3.96. The molecular weight excluding hydrogens is 478 g/mol. The van der Waals surface area contributed by atoms with Crippen LogP contribution in [0.15, 0.2) is 30.3 Å². The highest BCUT2D eigenvalue weighted by molar-refractivity contribution is 9.09. The third-order valence-corrected chi connectivity index (χ3v) is 7.73. The lowest BCUT2D eigenvalue weighted by molar-refractivity contribution is -0.144. The van der Waals surface area contributed by atoms with Crippen LogP contribution in [0.3, 0.4) is 0 Å². The number of carbonyl (C=O) groups is 3. The maximum atomic E-state index is 13.7. The Balaban J connectivity index is 1.68. The Bertz CT molecular complexity index is 884. The second-order valence-corrected chi connectivity index (χ2v) is 10.1. The summed E-state index contributed by atoms with van der Waals surface area (Å²) in [4.78, 5) is 41.6. The number of benzene rings is 1. The van der Waals surface area contributed by atoms with Crippen molar-refractivity contribution in [3.05, 3.63) is 30.3 Å². The highest BCUT2D eigenvalue weighted by Gasteiger charge is 2.76. The zero-order chi connectivity index (χ0) is 23.0. The van der Waals surface area contributed by atoms with E-state index in [1.54, 1.807) is 19.1 Å². The maximum absolute atomic E-state index is 13.7.